The van der Waals surface area contributed by atoms with Gasteiger partial charge in [0, 0.05) is 5.70 Å². The van der Waals surface area contributed by atoms with Gasteiger partial charge in [-0.25, -0.2) is 4.79 Å². The first-order valence-electron chi connectivity index (χ1n) is 6.43. The van der Waals surface area contributed by atoms with Crippen LogP contribution in [0.15, 0.2) is 35.5 Å². The molecule has 1 aromatic carbocycles. The molecule has 0 amide bonds. The predicted octanol–water partition coefficient (Wildman–Crippen LogP) is 2.55. The molecule has 0 saturated carbocycles. The smallest absolute Gasteiger partial charge is 0.466 e. The van der Waals surface area contributed by atoms with E-state index >= 15 is 0 Å². The number of alkyl halides is 3. The predicted molar refractivity (Wildman–Crippen MR) is 79.5 cm³/mol. The number of thiocarbonyl (C=S) groups is 1. The summed E-state index contributed by atoms with van der Waals surface area (Å²) in [5.74, 6) is -0.913. The third-order valence-electron chi connectivity index (χ3n) is 3.12. The summed E-state index contributed by atoms with van der Waals surface area (Å²) in [4.78, 5) is 11.9. The van der Waals surface area contributed by atoms with Gasteiger partial charge < -0.3 is 20.1 Å². The highest BCUT2D eigenvalue weighted by Gasteiger charge is 2.32. The lowest BCUT2D eigenvalue weighted by atomic mass is 9.95. The maximum absolute atomic E-state index is 12.2. The van der Waals surface area contributed by atoms with Crippen LogP contribution in [0.25, 0.3) is 0 Å². The summed E-state index contributed by atoms with van der Waals surface area (Å²) < 4.78 is 45.1. The third-order valence-corrected chi connectivity index (χ3v) is 3.34. The first kappa shape index (κ1) is 17.1. The van der Waals surface area contributed by atoms with E-state index in [9.17, 15) is 18.0 Å². The van der Waals surface area contributed by atoms with Crippen molar-refractivity contribution in [3.8, 4) is 5.75 Å². The van der Waals surface area contributed by atoms with Crippen molar-refractivity contribution in [2.75, 3.05) is 7.11 Å². The molecule has 0 saturated heterocycles. The van der Waals surface area contributed by atoms with Crippen LogP contribution in [0.1, 0.15) is 18.5 Å². The zero-order valence-corrected chi connectivity index (χ0v) is 13.0. The standard InChI is InChI=1S/C14H13F3N2O3S/c1-7-10(12(20)21-2)11(19-13(23)18-7)8-3-5-9(6-4-8)22-14(15,16)17/h3-6,11H,1-2H3,(H2,18,19,23). The maximum atomic E-state index is 12.2. The molecule has 1 atom stereocenters. The summed E-state index contributed by atoms with van der Waals surface area (Å²) in [6.45, 7) is 1.66. The van der Waals surface area contributed by atoms with Gasteiger partial charge in [-0.2, -0.15) is 0 Å². The van der Waals surface area contributed by atoms with Crippen LogP contribution >= 0.6 is 12.2 Å². The summed E-state index contributed by atoms with van der Waals surface area (Å²) in [6, 6.07) is 4.54. The molecule has 124 valence electrons. The average molecular weight is 346 g/mol. The molecule has 9 heteroatoms. The Balaban J connectivity index is 2.33. The fraction of sp³-hybridized carbons (Fsp3) is 0.286. The number of hydrogen-bond acceptors (Lipinski definition) is 4. The van der Waals surface area contributed by atoms with Crippen LogP contribution < -0.4 is 15.4 Å². The number of esters is 1. The lowest BCUT2D eigenvalue weighted by Gasteiger charge is -2.29. The van der Waals surface area contributed by atoms with Gasteiger partial charge in [0.05, 0.1) is 18.7 Å². The van der Waals surface area contributed by atoms with Crippen molar-refractivity contribution in [1.29, 1.82) is 0 Å². The zero-order chi connectivity index (χ0) is 17.2. The van der Waals surface area contributed by atoms with Crippen LogP contribution in [0.3, 0.4) is 0 Å². The van der Waals surface area contributed by atoms with E-state index in [1.807, 2.05) is 0 Å². The molecule has 1 aliphatic rings. The van der Waals surface area contributed by atoms with Gasteiger partial charge in [-0.1, -0.05) is 12.1 Å². The normalized spacial score (nSPS) is 18.1. The molecule has 1 aliphatic heterocycles. The minimum Gasteiger partial charge on any atom is -0.466 e. The summed E-state index contributed by atoms with van der Waals surface area (Å²) in [6.07, 6.45) is -4.76. The Bertz CT molecular complexity index is 656. The summed E-state index contributed by atoms with van der Waals surface area (Å²) in [5.41, 5.74) is 1.36. The Morgan fingerprint density at radius 2 is 1.87 bits per heavy atom. The van der Waals surface area contributed by atoms with Crippen LogP contribution in [0.2, 0.25) is 0 Å². The molecular weight excluding hydrogens is 333 g/mol. The van der Waals surface area contributed by atoms with Crippen LogP contribution in [0.4, 0.5) is 13.2 Å². The van der Waals surface area contributed by atoms with Gasteiger partial charge in [-0.3, -0.25) is 0 Å². The molecular formula is C14H13F3N2O3S. The molecule has 0 spiro atoms. The number of halogens is 3. The Labute approximate surface area is 135 Å². The molecule has 1 heterocycles. The third kappa shape index (κ3) is 4.13. The van der Waals surface area contributed by atoms with Crippen LogP contribution in [-0.2, 0) is 9.53 Å². The van der Waals surface area contributed by atoms with Gasteiger partial charge in [0.2, 0.25) is 0 Å². The monoisotopic (exact) mass is 346 g/mol. The van der Waals surface area contributed by atoms with Gasteiger partial charge in [0.1, 0.15) is 5.75 Å². The number of carbonyl (C=O) groups excluding carboxylic acids is 1. The van der Waals surface area contributed by atoms with E-state index in [0.717, 1.165) is 0 Å². The van der Waals surface area contributed by atoms with E-state index in [0.29, 0.717) is 21.9 Å². The van der Waals surface area contributed by atoms with Crippen LogP contribution in [-0.4, -0.2) is 24.6 Å². The second-order valence-electron chi connectivity index (χ2n) is 4.68. The van der Waals surface area contributed by atoms with E-state index in [-0.39, 0.29) is 5.75 Å². The van der Waals surface area contributed by atoms with Crippen molar-refractivity contribution in [2.24, 2.45) is 0 Å². The second-order valence-corrected chi connectivity index (χ2v) is 5.09. The van der Waals surface area contributed by atoms with E-state index < -0.39 is 18.4 Å². The minimum atomic E-state index is -4.76. The largest absolute Gasteiger partial charge is 0.573 e. The number of methoxy groups -OCH3 is 1. The molecule has 1 aromatic rings. The van der Waals surface area contributed by atoms with Crippen molar-refractivity contribution in [2.45, 2.75) is 19.3 Å². The molecule has 0 radical (unpaired) electrons. The number of rotatable bonds is 3. The van der Waals surface area contributed by atoms with E-state index in [2.05, 4.69) is 15.4 Å². The highest BCUT2D eigenvalue weighted by Crippen LogP contribution is 2.30. The SMILES string of the molecule is COC(=O)C1=C(C)NC(=S)NC1c1ccc(OC(F)(F)F)cc1. The lowest BCUT2D eigenvalue weighted by molar-refractivity contribution is -0.274. The van der Waals surface area contributed by atoms with E-state index in [1.54, 1.807) is 6.92 Å². The van der Waals surface area contributed by atoms with Crippen molar-refractivity contribution in [3.63, 3.8) is 0 Å². The Morgan fingerprint density at radius 3 is 2.39 bits per heavy atom. The van der Waals surface area contributed by atoms with Crippen molar-refractivity contribution in [3.05, 3.63) is 41.1 Å². The van der Waals surface area contributed by atoms with Gasteiger partial charge in [0.25, 0.3) is 0 Å². The molecule has 0 fully saturated rings. The Hall–Kier alpha value is -2.29. The number of nitrogens with one attached hydrogen (secondary N) is 2. The van der Waals surface area contributed by atoms with Gasteiger partial charge in [-0.05, 0) is 36.8 Å². The van der Waals surface area contributed by atoms with Crippen LogP contribution in [0, 0.1) is 0 Å². The zero-order valence-electron chi connectivity index (χ0n) is 12.2. The quantitative estimate of drug-likeness (QED) is 0.648. The fourth-order valence-electron chi connectivity index (χ4n) is 2.19. The highest BCUT2D eigenvalue weighted by molar-refractivity contribution is 7.80. The molecule has 0 aliphatic carbocycles. The summed E-state index contributed by atoms with van der Waals surface area (Å²) in [7, 11) is 1.24. The summed E-state index contributed by atoms with van der Waals surface area (Å²) >= 11 is 5.05. The minimum absolute atomic E-state index is 0.297. The molecule has 23 heavy (non-hydrogen) atoms. The van der Waals surface area contributed by atoms with E-state index in [4.69, 9.17) is 17.0 Å². The molecule has 1 unspecified atom stereocenters. The maximum Gasteiger partial charge on any atom is 0.573 e. The Morgan fingerprint density at radius 1 is 1.26 bits per heavy atom. The molecule has 0 aromatic heterocycles. The number of allylic oxidation sites excluding steroid dienone is 1. The average Bonchev–Trinajstić information content (AvgIpc) is 2.45. The van der Waals surface area contributed by atoms with Crippen molar-refractivity contribution >= 4 is 23.3 Å². The molecule has 2 N–H and O–H groups in total. The lowest BCUT2D eigenvalue weighted by Crippen LogP contribution is -2.45. The molecule has 5 nitrogen and oxygen atoms in total. The van der Waals surface area contributed by atoms with E-state index in [1.165, 1.54) is 31.4 Å². The topological polar surface area (TPSA) is 59.6 Å². The summed E-state index contributed by atoms with van der Waals surface area (Å²) in [5, 5.41) is 6.01. The molecule has 2 rings (SSSR count). The first-order chi connectivity index (χ1) is 10.7. The van der Waals surface area contributed by atoms with Gasteiger partial charge in [0.15, 0.2) is 5.11 Å². The van der Waals surface area contributed by atoms with Gasteiger partial charge in [-0.15, -0.1) is 13.2 Å². The Kier molecular flexibility index (Phi) is 4.79. The van der Waals surface area contributed by atoms with Crippen LogP contribution in [0.5, 0.6) is 5.75 Å². The number of benzene rings is 1. The number of hydrogen-bond donors (Lipinski definition) is 2. The molecule has 0 bridgehead atoms. The van der Waals surface area contributed by atoms with Crippen molar-refractivity contribution < 1.29 is 27.4 Å². The second kappa shape index (κ2) is 6.45. The fourth-order valence-corrected chi connectivity index (χ4v) is 2.46. The number of ether oxygens (including phenoxy) is 2. The van der Waals surface area contributed by atoms with Crippen molar-refractivity contribution in [1.82, 2.24) is 10.6 Å². The number of carbonyl (C=O) groups is 1. The first-order valence-corrected chi connectivity index (χ1v) is 6.84. The van der Waals surface area contributed by atoms with Gasteiger partial charge >= 0.3 is 12.3 Å². The highest BCUT2D eigenvalue weighted by atomic mass is 32.1.